The van der Waals surface area contributed by atoms with Gasteiger partial charge >= 0.3 is 0 Å². The predicted octanol–water partition coefficient (Wildman–Crippen LogP) is 4.77. The highest BCUT2D eigenvalue weighted by molar-refractivity contribution is 5.97. The molecule has 1 saturated heterocycles. The van der Waals surface area contributed by atoms with Crippen molar-refractivity contribution in [3.05, 3.63) is 76.9 Å². The number of carbonyl (C=O) groups is 2. The fraction of sp³-hybridized carbons (Fsp3) is 0.474. The van der Waals surface area contributed by atoms with Crippen LogP contribution in [0.4, 0.5) is 10.1 Å². The molecule has 1 aliphatic rings. The Hall–Kier alpha value is -4.39. The third-order valence-electron chi connectivity index (χ3n) is 9.01. The molecule has 1 fully saturated rings. The lowest BCUT2D eigenvalue weighted by atomic mass is 10.00. The first-order valence-corrected chi connectivity index (χ1v) is 17.7. The molecule has 5 rings (SSSR count). The summed E-state index contributed by atoms with van der Waals surface area (Å²) in [6, 6.07) is 12.9. The summed E-state index contributed by atoms with van der Waals surface area (Å²) < 4.78 is 22.4. The third kappa shape index (κ3) is 9.86. The Labute approximate surface area is 294 Å². The highest BCUT2D eigenvalue weighted by atomic mass is 19.1. The van der Waals surface area contributed by atoms with Gasteiger partial charge in [0.05, 0.1) is 17.3 Å². The molecule has 268 valence electrons. The van der Waals surface area contributed by atoms with E-state index in [4.69, 9.17) is 9.72 Å². The molecule has 2 aromatic carbocycles. The van der Waals surface area contributed by atoms with Crippen LogP contribution in [-0.2, 0) is 46.9 Å². The molecule has 4 aromatic rings. The van der Waals surface area contributed by atoms with Gasteiger partial charge in [0.1, 0.15) is 12.2 Å². The number of nitrogens with one attached hydrogen (secondary N) is 4. The number of carbonyl (C=O) groups excluding carboxylic acids is 2. The quantitative estimate of drug-likeness (QED) is 0.0925. The van der Waals surface area contributed by atoms with Gasteiger partial charge in [0, 0.05) is 62.3 Å². The number of pyridine rings is 1. The van der Waals surface area contributed by atoms with Crippen molar-refractivity contribution < 1.29 is 18.7 Å². The van der Waals surface area contributed by atoms with Crippen LogP contribution < -0.4 is 21.3 Å². The van der Waals surface area contributed by atoms with Gasteiger partial charge in [0.25, 0.3) is 0 Å². The number of ether oxygens (including phenoxy) is 1. The topological polar surface area (TPSA) is 125 Å². The second kappa shape index (κ2) is 18.0. The number of nitrogens with zero attached hydrogens (tertiary/aromatic N) is 4. The van der Waals surface area contributed by atoms with E-state index in [1.165, 1.54) is 6.07 Å². The summed E-state index contributed by atoms with van der Waals surface area (Å²) in [5.74, 6) is -1.13. The summed E-state index contributed by atoms with van der Waals surface area (Å²) >= 11 is 0. The minimum Gasteiger partial charge on any atom is -0.381 e. The minimum atomic E-state index is -0.412. The van der Waals surface area contributed by atoms with E-state index in [1.807, 2.05) is 49.0 Å². The number of hydrogen-bond acceptors (Lipinski definition) is 8. The summed E-state index contributed by atoms with van der Waals surface area (Å²) in [5, 5.41) is 18.4. The zero-order valence-corrected chi connectivity index (χ0v) is 29.8. The van der Waals surface area contributed by atoms with E-state index < -0.39 is 11.8 Å². The number of hydrogen-bond donors (Lipinski definition) is 4. The van der Waals surface area contributed by atoms with Crippen LogP contribution in [0, 0.1) is 5.82 Å². The van der Waals surface area contributed by atoms with Gasteiger partial charge in [0.15, 0.2) is 5.65 Å². The number of aromatic nitrogens is 3. The lowest BCUT2D eigenvalue weighted by Gasteiger charge is -2.26. The van der Waals surface area contributed by atoms with Crippen molar-refractivity contribution in [2.45, 2.75) is 78.2 Å². The largest absolute Gasteiger partial charge is 0.381 e. The maximum absolute atomic E-state index is 15.0. The second-order valence-corrected chi connectivity index (χ2v) is 13.1. The number of benzene rings is 2. The molecule has 2 amide bonds. The Morgan fingerprint density at radius 2 is 1.76 bits per heavy atom. The number of fused-ring (bicyclic) bond motifs is 1. The molecule has 4 N–H and O–H groups in total. The van der Waals surface area contributed by atoms with Crippen LogP contribution >= 0.6 is 0 Å². The zero-order valence-electron chi connectivity index (χ0n) is 29.8. The molecule has 3 heterocycles. The van der Waals surface area contributed by atoms with Crippen LogP contribution in [-0.4, -0.2) is 77.9 Å². The Kier molecular flexibility index (Phi) is 13.3. The SMILES string of the molecule is CCc1nc2c(cnn2CC)c(NC2CCOCC2)c1CNC(=O)CC(=O)NCc1ccc(F)c(-c2cccc(CNCCCN(C)C)c2)c1. The molecule has 11 nitrogen and oxygen atoms in total. The smallest absolute Gasteiger partial charge is 0.229 e. The van der Waals surface area contributed by atoms with E-state index in [-0.39, 0.29) is 31.4 Å². The van der Waals surface area contributed by atoms with Gasteiger partial charge in [-0.2, -0.15) is 5.10 Å². The van der Waals surface area contributed by atoms with Crippen LogP contribution in [0.15, 0.2) is 48.7 Å². The van der Waals surface area contributed by atoms with Crippen molar-refractivity contribution in [3.8, 4) is 11.1 Å². The lowest BCUT2D eigenvalue weighted by molar-refractivity contribution is -0.129. The van der Waals surface area contributed by atoms with E-state index in [2.05, 4.69) is 45.4 Å². The van der Waals surface area contributed by atoms with E-state index >= 15 is 0 Å². The Morgan fingerprint density at radius 3 is 2.50 bits per heavy atom. The molecule has 50 heavy (non-hydrogen) atoms. The lowest BCUT2D eigenvalue weighted by Crippen LogP contribution is -2.32. The van der Waals surface area contributed by atoms with E-state index in [0.29, 0.717) is 38.3 Å². The van der Waals surface area contributed by atoms with Crippen LogP contribution in [0.25, 0.3) is 22.2 Å². The molecule has 0 radical (unpaired) electrons. The molecule has 0 unspecified atom stereocenters. The summed E-state index contributed by atoms with van der Waals surface area (Å²) in [7, 11) is 4.12. The Bertz CT molecular complexity index is 1750. The fourth-order valence-corrected chi connectivity index (χ4v) is 6.26. The molecule has 12 heteroatoms. The molecule has 0 atom stereocenters. The van der Waals surface area contributed by atoms with Crippen molar-refractivity contribution in [2.24, 2.45) is 0 Å². The predicted molar refractivity (Wildman–Crippen MR) is 195 cm³/mol. The molecule has 0 saturated carbocycles. The van der Waals surface area contributed by atoms with Gasteiger partial charge in [0.2, 0.25) is 11.8 Å². The van der Waals surface area contributed by atoms with E-state index in [0.717, 1.165) is 77.0 Å². The maximum Gasteiger partial charge on any atom is 0.229 e. The van der Waals surface area contributed by atoms with Crippen molar-refractivity contribution in [2.75, 3.05) is 45.7 Å². The van der Waals surface area contributed by atoms with Gasteiger partial charge in [-0.1, -0.05) is 31.2 Å². The average Bonchev–Trinajstić information content (AvgIpc) is 3.54. The van der Waals surface area contributed by atoms with Gasteiger partial charge in [-0.3, -0.25) is 9.59 Å². The van der Waals surface area contributed by atoms with Gasteiger partial charge in [-0.15, -0.1) is 0 Å². The molecule has 2 aromatic heterocycles. The second-order valence-electron chi connectivity index (χ2n) is 13.1. The van der Waals surface area contributed by atoms with Crippen LogP contribution in [0.1, 0.15) is 61.9 Å². The summed E-state index contributed by atoms with van der Waals surface area (Å²) in [4.78, 5) is 32.9. The maximum atomic E-state index is 15.0. The number of anilines is 1. The molecular weight excluding hydrogens is 635 g/mol. The van der Waals surface area contributed by atoms with E-state index in [9.17, 15) is 14.0 Å². The number of rotatable bonds is 17. The van der Waals surface area contributed by atoms with Crippen molar-refractivity contribution in [3.63, 3.8) is 0 Å². The van der Waals surface area contributed by atoms with Crippen molar-refractivity contribution in [1.82, 2.24) is 35.6 Å². The number of aryl methyl sites for hydroxylation is 2. The van der Waals surface area contributed by atoms with Crippen molar-refractivity contribution in [1.29, 1.82) is 0 Å². The standard InChI is InChI=1S/C38H51FN8O3/c1-5-34-31(37(44-29-13-17-50-18-14-29)32-25-43-47(6-2)38(32)45-34)24-42-36(49)21-35(48)41-23-27-11-12-33(39)30(20-27)28-10-7-9-26(19-28)22-40-15-8-16-46(3)4/h7,9-12,19-20,25,29,40H,5-6,8,13-18,21-24H2,1-4H3,(H,41,48)(H,42,49)(H,44,45). The molecule has 0 aliphatic carbocycles. The minimum absolute atomic E-state index is 0.174. The van der Waals surface area contributed by atoms with Gasteiger partial charge in [-0.05, 0) is 94.7 Å². The third-order valence-corrected chi connectivity index (χ3v) is 9.01. The first-order chi connectivity index (χ1) is 24.2. The zero-order chi connectivity index (χ0) is 35.5. The molecular formula is C38H51FN8O3. The highest BCUT2D eigenvalue weighted by Gasteiger charge is 2.22. The van der Waals surface area contributed by atoms with Gasteiger partial charge < -0.3 is 30.9 Å². The summed E-state index contributed by atoms with van der Waals surface area (Å²) in [6.45, 7) is 9.19. The number of halogens is 1. The van der Waals surface area contributed by atoms with E-state index in [1.54, 1.807) is 12.1 Å². The first kappa shape index (κ1) is 36.9. The number of amides is 2. The fourth-order valence-electron chi connectivity index (χ4n) is 6.26. The van der Waals surface area contributed by atoms with Crippen LogP contribution in [0.3, 0.4) is 0 Å². The van der Waals surface area contributed by atoms with Crippen LogP contribution in [0.5, 0.6) is 0 Å². The Balaban J connectivity index is 1.18. The summed E-state index contributed by atoms with van der Waals surface area (Å²) in [6.07, 6.45) is 5.00. The normalized spacial score (nSPS) is 13.6. The summed E-state index contributed by atoms with van der Waals surface area (Å²) in [5.41, 5.74) is 6.57. The molecule has 1 aliphatic heterocycles. The van der Waals surface area contributed by atoms with Crippen molar-refractivity contribution >= 4 is 28.5 Å². The van der Waals surface area contributed by atoms with Crippen LogP contribution in [0.2, 0.25) is 0 Å². The highest BCUT2D eigenvalue weighted by Crippen LogP contribution is 2.31. The Morgan fingerprint density at radius 1 is 1.00 bits per heavy atom. The molecule has 0 spiro atoms. The average molecular weight is 687 g/mol. The molecule has 0 bridgehead atoms. The first-order valence-electron chi connectivity index (χ1n) is 17.7. The van der Waals surface area contributed by atoms with Gasteiger partial charge in [-0.25, -0.2) is 14.1 Å². The monoisotopic (exact) mass is 686 g/mol.